The summed E-state index contributed by atoms with van der Waals surface area (Å²) in [4.78, 5) is 11.7. The van der Waals surface area contributed by atoms with E-state index in [0.29, 0.717) is 0 Å². The molecule has 1 aromatic carbocycles. The van der Waals surface area contributed by atoms with E-state index in [0.717, 1.165) is 12.5 Å². The van der Waals surface area contributed by atoms with E-state index in [1.807, 2.05) is 13.8 Å². The lowest BCUT2D eigenvalue weighted by molar-refractivity contribution is 0.0939. The number of carbonyl (C=O) groups excluding carboxylic acids is 1. The van der Waals surface area contributed by atoms with Crippen LogP contribution in [0.3, 0.4) is 0 Å². The van der Waals surface area contributed by atoms with Gasteiger partial charge in [0.05, 0.1) is 15.6 Å². The summed E-state index contributed by atoms with van der Waals surface area (Å²) < 4.78 is 13.2. The number of hydrogen-bond acceptors (Lipinski definition) is 1. The molecule has 0 saturated carbocycles. The zero-order valence-corrected chi connectivity index (χ0v) is 10.5. The molecule has 0 saturated heterocycles. The number of carbonyl (C=O) groups is 1. The van der Waals surface area contributed by atoms with Gasteiger partial charge in [0.2, 0.25) is 0 Å². The van der Waals surface area contributed by atoms with Crippen LogP contribution in [-0.4, -0.2) is 11.9 Å². The molecular formula is C11H12Cl2FNO. The first-order valence-electron chi connectivity index (χ1n) is 4.91. The summed E-state index contributed by atoms with van der Waals surface area (Å²) in [5, 5.41) is 2.75. The minimum absolute atomic E-state index is 0.0160. The van der Waals surface area contributed by atoms with Crippen molar-refractivity contribution in [2.45, 2.75) is 26.3 Å². The Morgan fingerprint density at radius 3 is 2.62 bits per heavy atom. The van der Waals surface area contributed by atoms with Crippen LogP contribution in [0.15, 0.2) is 12.1 Å². The van der Waals surface area contributed by atoms with Crippen LogP contribution in [0.1, 0.15) is 30.6 Å². The molecule has 0 spiro atoms. The highest BCUT2D eigenvalue weighted by atomic mass is 35.5. The zero-order chi connectivity index (χ0) is 12.3. The first kappa shape index (κ1) is 13.3. The zero-order valence-electron chi connectivity index (χ0n) is 8.98. The molecule has 1 N–H and O–H groups in total. The molecule has 5 heteroatoms. The molecule has 0 bridgehead atoms. The van der Waals surface area contributed by atoms with Gasteiger partial charge in [-0.15, -0.1) is 0 Å². The van der Waals surface area contributed by atoms with E-state index in [9.17, 15) is 9.18 Å². The summed E-state index contributed by atoms with van der Waals surface area (Å²) >= 11 is 11.3. The SMILES string of the molecule is CCC(C)NC(=O)c1cc(F)c(Cl)cc1Cl. The molecule has 0 aliphatic carbocycles. The Morgan fingerprint density at radius 2 is 2.06 bits per heavy atom. The molecule has 88 valence electrons. The Bertz CT molecular complexity index is 409. The second-order valence-corrected chi connectivity index (χ2v) is 4.34. The van der Waals surface area contributed by atoms with Crippen molar-refractivity contribution in [2.75, 3.05) is 0 Å². The van der Waals surface area contributed by atoms with Gasteiger partial charge in [0, 0.05) is 6.04 Å². The van der Waals surface area contributed by atoms with Crippen LogP contribution in [-0.2, 0) is 0 Å². The lowest BCUT2D eigenvalue weighted by atomic mass is 10.2. The summed E-state index contributed by atoms with van der Waals surface area (Å²) in [6.45, 7) is 3.80. The van der Waals surface area contributed by atoms with Gasteiger partial charge in [-0.05, 0) is 25.5 Å². The predicted molar refractivity (Wildman–Crippen MR) is 63.6 cm³/mol. The van der Waals surface area contributed by atoms with E-state index in [1.54, 1.807) is 0 Å². The van der Waals surface area contributed by atoms with E-state index in [1.165, 1.54) is 6.07 Å². The molecule has 1 unspecified atom stereocenters. The quantitative estimate of drug-likeness (QED) is 0.829. The third-order valence-corrected chi connectivity index (χ3v) is 2.85. The monoisotopic (exact) mass is 263 g/mol. The fourth-order valence-corrected chi connectivity index (χ4v) is 1.57. The van der Waals surface area contributed by atoms with E-state index in [-0.39, 0.29) is 21.7 Å². The standard InChI is InChI=1S/C11H12Cl2FNO/c1-3-6(2)15-11(16)7-4-10(14)9(13)5-8(7)12/h4-6H,3H2,1-2H3,(H,15,16). The fraction of sp³-hybridized carbons (Fsp3) is 0.364. The normalized spacial score (nSPS) is 12.3. The van der Waals surface area contributed by atoms with Crippen LogP contribution < -0.4 is 5.32 Å². The molecule has 1 atom stereocenters. The molecule has 0 aliphatic heterocycles. The Balaban J connectivity index is 2.96. The predicted octanol–water partition coefficient (Wildman–Crippen LogP) is 3.66. The van der Waals surface area contributed by atoms with Gasteiger partial charge in [-0.25, -0.2) is 4.39 Å². The van der Waals surface area contributed by atoms with Gasteiger partial charge in [-0.3, -0.25) is 4.79 Å². The van der Waals surface area contributed by atoms with Crippen LogP contribution >= 0.6 is 23.2 Å². The maximum Gasteiger partial charge on any atom is 0.253 e. The Kier molecular flexibility index (Phi) is 4.56. The molecule has 2 nitrogen and oxygen atoms in total. The summed E-state index contributed by atoms with van der Waals surface area (Å²) in [6.07, 6.45) is 0.791. The van der Waals surface area contributed by atoms with Crippen LogP contribution in [0.5, 0.6) is 0 Å². The highest BCUT2D eigenvalue weighted by molar-refractivity contribution is 6.36. The summed E-state index contributed by atoms with van der Waals surface area (Å²) in [5.41, 5.74) is 0.101. The van der Waals surface area contributed by atoms with Crippen molar-refractivity contribution < 1.29 is 9.18 Å². The van der Waals surface area contributed by atoms with Crippen LogP contribution in [0.25, 0.3) is 0 Å². The largest absolute Gasteiger partial charge is 0.350 e. The molecule has 16 heavy (non-hydrogen) atoms. The number of halogens is 3. The van der Waals surface area contributed by atoms with Crippen LogP contribution in [0.2, 0.25) is 10.0 Å². The molecule has 0 aromatic heterocycles. The van der Waals surface area contributed by atoms with E-state index in [4.69, 9.17) is 23.2 Å². The van der Waals surface area contributed by atoms with Gasteiger partial charge in [0.25, 0.3) is 5.91 Å². The Labute approximate surface area is 104 Å². The third kappa shape index (κ3) is 3.09. The molecule has 0 heterocycles. The van der Waals surface area contributed by atoms with Crippen molar-refractivity contribution in [3.05, 3.63) is 33.6 Å². The lowest BCUT2D eigenvalue weighted by Crippen LogP contribution is -2.32. The fourth-order valence-electron chi connectivity index (χ4n) is 1.10. The third-order valence-electron chi connectivity index (χ3n) is 2.24. The second kappa shape index (κ2) is 5.51. The molecular weight excluding hydrogens is 252 g/mol. The topological polar surface area (TPSA) is 29.1 Å². The maximum atomic E-state index is 13.2. The molecule has 0 aliphatic rings. The number of nitrogens with one attached hydrogen (secondary N) is 1. The molecule has 0 fully saturated rings. The molecule has 0 radical (unpaired) electrons. The Morgan fingerprint density at radius 1 is 1.44 bits per heavy atom. The van der Waals surface area contributed by atoms with Gasteiger partial charge >= 0.3 is 0 Å². The Hall–Kier alpha value is -0.800. The second-order valence-electron chi connectivity index (χ2n) is 3.53. The molecule has 1 rings (SSSR count). The first-order valence-corrected chi connectivity index (χ1v) is 5.66. The van der Waals surface area contributed by atoms with E-state index in [2.05, 4.69) is 5.32 Å². The summed E-state index contributed by atoms with van der Waals surface area (Å²) in [5.74, 6) is -1.05. The minimum Gasteiger partial charge on any atom is -0.350 e. The average Bonchev–Trinajstić information content (AvgIpc) is 2.23. The smallest absolute Gasteiger partial charge is 0.253 e. The van der Waals surface area contributed by atoms with Gasteiger partial charge in [-0.1, -0.05) is 30.1 Å². The molecule has 1 aromatic rings. The molecule has 1 amide bonds. The number of hydrogen-bond donors (Lipinski definition) is 1. The van der Waals surface area contributed by atoms with Crippen LogP contribution in [0, 0.1) is 5.82 Å². The van der Waals surface area contributed by atoms with Gasteiger partial charge < -0.3 is 5.32 Å². The average molecular weight is 264 g/mol. The highest BCUT2D eigenvalue weighted by Crippen LogP contribution is 2.24. The number of benzene rings is 1. The first-order chi connectivity index (χ1) is 7.45. The van der Waals surface area contributed by atoms with Crippen molar-refractivity contribution in [3.8, 4) is 0 Å². The lowest BCUT2D eigenvalue weighted by Gasteiger charge is -2.12. The number of amides is 1. The highest BCUT2D eigenvalue weighted by Gasteiger charge is 2.15. The summed E-state index contributed by atoms with van der Waals surface area (Å²) in [6, 6.07) is 2.29. The minimum atomic E-state index is -0.652. The van der Waals surface area contributed by atoms with Crippen molar-refractivity contribution in [1.82, 2.24) is 5.32 Å². The summed E-state index contributed by atoms with van der Waals surface area (Å²) in [7, 11) is 0. The van der Waals surface area contributed by atoms with Gasteiger partial charge in [0.15, 0.2) is 0 Å². The number of rotatable bonds is 3. The maximum absolute atomic E-state index is 13.2. The van der Waals surface area contributed by atoms with Gasteiger partial charge in [0.1, 0.15) is 5.82 Å². The van der Waals surface area contributed by atoms with E-state index >= 15 is 0 Å². The van der Waals surface area contributed by atoms with Crippen molar-refractivity contribution in [1.29, 1.82) is 0 Å². The van der Waals surface area contributed by atoms with Crippen molar-refractivity contribution in [2.24, 2.45) is 0 Å². The van der Waals surface area contributed by atoms with Crippen molar-refractivity contribution in [3.63, 3.8) is 0 Å². The van der Waals surface area contributed by atoms with Crippen LogP contribution in [0.4, 0.5) is 4.39 Å². The van der Waals surface area contributed by atoms with Gasteiger partial charge in [-0.2, -0.15) is 0 Å². The van der Waals surface area contributed by atoms with E-state index < -0.39 is 11.7 Å². The van der Waals surface area contributed by atoms with Crippen molar-refractivity contribution >= 4 is 29.1 Å².